The molecule has 1 radical (unpaired) electrons. The molecular weight excluding hydrogens is 210 g/mol. The van der Waals surface area contributed by atoms with Crippen molar-refractivity contribution in [3.05, 3.63) is 0 Å². The van der Waals surface area contributed by atoms with Gasteiger partial charge in [-0.1, -0.05) is 65.5 Å². The third-order valence-corrected chi connectivity index (χ3v) is 4.91. The first-order valence-electron chi connectivity index (χ1n) is 7.27. The van der Waals surface area contributed by atoms with Crippen LogP contribution in [-0.2, 0) is 0 Å². The van der Waals surface area contributed by atoms with Crippen molar-refractivity contribution in [3.63, 3.8) is 0 Å². The van der Waals surface area contributed by atoms with Gasteiger partial charge in [0, 0.05) is 0 Å². The van der Waals surface area contributed by atoms with E-state index in [0.717, 1.165) is 0 Å². The lowest BCUT2D eigenvalue weighted by Crippen LogP contribution is -2.36. The molecule has 97 valence electrons. The van der Waals surface area contributed by atoms with Crippen molar-refractivity contribution in [2.24, 2.45) is 0 Å². The summed E-state index contributed by atoms with van der Waals surface area (Å²) in [6.07, 6.45) is 11.2. The Balaban J connectivity index is 3.54. The smallest absolute Gasteiger partial charge is 0.129 e. The molecule has 0 amide bonds. The zero-order chi connectivity index (χ0) is 12.2. The molecule has 0 spiro atoms. The lowest BCUT2D eigenvalue weighted by molar-refractivity contribution is 0.400. The summed E-state index contributed by atoms with van der Waals surface area (Å²) in [6, 6.07) is 0. The van der Waals surface area contributed by atoms with Gasteiger partial charge in [-0.2, -0.15) is 0 Å². The van der Waals surface area contributed by atoms with Crippen LogP contribution in [0, 0.1) is 0 Å². The number of hydrogen-bond acceptors (Lipinski definition) is 1. The van der Waals surface area contributed by atoms with Gasteiger partial charge in [-0.15, -0.1) is 0 Å². The van der Waals surface area contributed by atoms with Crippen molar-refractivity contribution < 1.29 is 0 Å². The maximum Gasteiger partial charge on any atom is 0.129 e. The Morgan fingerprint density at radius 3 is 1.44 bits per heavy atom. The summed E-state index contributed by atoms with van der Waals surface area (Å²) in [4.78, 5) is 0. The first-order chi connectivity index (χ1) is 7.72. The van der Waals surface area contributed by atoms with Gasteiger partial charge in [-0.25, -0.2) is 0 Å². The van der Waals surface area contributed by atoms with Crippen LogP contribution in [0.2, 0.25) is 13.1 Å². The molecule has 16 heavy (non-hydrogen) atoms. The number of nitrogens with zero attached hydrogens (tertiary/aromatic N) is 1. The zero-order valence-corrected chi connectivity index (χ0v) is 13.0. The van der Waals surface area contributed by atoms with Gasteiger partial charge in [-0.05, 0) is 25.9 Å². The lowest BCUT2D eigenvalue weighted by atomic mass is 10.2. The van der Waals surface area contributed by atoms with E-state index in [0.29, 0.717) is 0 Å². The summed E-state index contributed by atoms with van der Waals surface area (Å²) >= 11 is 0. The molecule has 0 N–H and O–H groups in total. The maximum absolute atomic E-state index is 2.76. The maximum atomic E-state index is 2.76. The van der Waals surface area contributed by atoms with E-state index in [1.165, 1.54) is 64.5 Å². The molecule has 0 atom stereocenters. The monoisotopic (exact) mass is 242 g/mol. The van der Waals surface area contributed by atoms with Crippen molar-refractivity contribution in [3.8, 4) is 0 Å². The fraction of sp³-hybridized carbons (Fsp3) is 1.00. The predicted octanol–water partition coefficient (Wildman–Crippen LogP) is 4.70. The Bertz CT molecular complexity index is 125. The minimum Gasteiger partial charge on any atom is -0.325 e. The molecule has 0 saturated carbocycles. The summed E-state index contributed by atoms with van der Waals surface area (Å²) in [7, 11) is -0.214. The zero-order valence-electron chi connectivity index (χ0n) is 12.0. The van der Waals surface area contributed by atoms with Crippen LogP contribution in [0.1, 0.15) is 65.2 Å². The molecular formula is C14H32NSi. The SMILES string of the molecule is CCCCCCN(CCCCCC)[Si](C)C. The molecule has 0 fully saturated rings. The first-order valence-corrected chi connectivity index (χ1v) is 9.72. The molecule has 0 aliphatic carbocycles. The second-order valence-corrected chi connectivity index (χ2v) is 7.58. The molecule has 0 rings (SSSR count). The highest BCUT2D eigenvalue weighted by Gasteiger charge is 2.09. The largest absolute Gasteiger partial charge is 0.325 e. The minimum atomic E-state index is -0.214. The molecule has 0 unspecified atom stereocenters. The summed E-state index contributed by atoms with van der Waals surface area (Å²) in [5, 5.41) is 0. The predicted molar refractivity (Wildman–Crippen MR) is 77.3 cm³/mol. The molecule has 0 aromatic carbocycles. The highest BCUT2D eigenvalue weighted by Crippen LogP contribution is 2.06. The summed E-state index contributed by atoms with van der Waals surface area (Å²) in [6.45, 7) is 12.2. The molecule has 0 aliphatic rings. The van der Waals surface area contributed by atoms with Gasteiger partial charge in [0.25, 0.3) is 0 Å². The van der Waals surface area contributed by atoms with Crippen LogP contribution in [0.15, 0.2) is 0 Å². The normalized spacial score (nSPS) is 11.6. The van der Waals surface area contributed by atoms with E-state index >= 15 is 0 Å². The Morgan fingerprint density at radius 2 is 1.12 bits per heavy atom. The van der Waals surface area contributed by atoms with Crippen LogP contribution >= 0.6 is 0 Å². The van der Waals surface area contributed by atoms with Crippen LogP contribution in [0.3, 0.4) is 0 Å². The topological polar surface area (TPSA) is 3.24 Å². The summed E-state index contributed by atoms with van der Waals surface area (Å²) < 4.78 is 2.76. The van der Waals surface area contributed by atoms with Crippen molar-refractivity contribution >= 4 is 8.96 Å². The Hall–Kier alpha value is 0.177. The minimum absolute atomic E-state index is 0.214. The third kappa shape index (κ3) is 9.41. The molecule has 2 heteroatoms. The van der Waals surface area contributed by atoms with Crippen molar-refractivity contribution in [2.75, 3.05) is 13.1 Å². The van der Waals surface area contributed by atoms with E-state index in [2.05, 4.69) is 31.5 Å². The van der Waals surface area contributed by atoms with E-state index in [4.69, 9.17) is 0 Å². The van der Waals surface area contributed by atoms with Gasteiger partial charge in [-0.3, -0.25) is 0 Å². The number of unbranched alkanes of at least 4 members (excludes halogenated alkanes) is 6. The van der Waals surface area contributed by atoms with Gasteiger partial charge in [0.1, 0.15) is 8.96 Å². The molecule has 1 nitrogen and oxygen atoms in total. The summed E-state index contributed by atoms with van der Waals surface area (Å²) in [5.41, 5.74) is 0. The van der Waals surface area contributed by atoms with E-state index in [1.54, 1.807) is 0 Å². The van der Waals surface area contributed by atoms with Gasteiger partial charge >= 0.3 is 0 Å². The molecule has 0 aliphatic heterocycles. The van der Waals surface area contributed by atoms with Gasteiger partial charge in [0.05, 0.1) is 0 Å². The quantitative estimate of drug-likeness (QED) is 0.375. The first kappa shape index (κ1) is 16.2. The van der Waals surface area contributed by atoms with E-state index in [9.17, 15) is 0 Å². The molecule has 0 aromatic heterocycles. The van der Waals surface area contributed by atoms with Crippen LogP contribution in [0.25, 0.3) is 0 Å². The summed E-state index contributed by atoms with van der Waals surface area (Å²) in [5.74, 6) is 0. The molecule has 0 bridgehead atoms. The second kappa shape index (κ2) is 11.7. The highest BCUT2D eigenvalue weighted by atomic mass is 28.3. The van der Waals surface area contributed by atoms with Crippen LogP contribution in [-0.4, -0.2) is 26.6 Å². The van der Waals surface area contributed by atoms with E-state index < -0.39 is 0 Å². The Kier molecular flexibility index (Phi) is 11.8. The Morgan fingerprint density at radius 1 is 0.688 bits per heavy atom. The van der Waals surface area contributed by atoms with Crippen LogP contribution < -0.4 is 0 Å². The standard InChI is InChI=1S/C14H32NSi/c1-5-7-9-11-13-15(16(3)4)14-12-10-8-6-2/h5-14H2,1-4H3. The van der Waals surface area contributed by atoms with E-state index in [1.807, 2.05) is 0 Å². The third-order valence-electron chi connectivity index (χ3n) is 3.20. The molecule has 0 heterocycles. The van der Waals surface area contributed by atoms with Crippen molar-refractivity contribution in [2.45, 2.75) is 78.3 Å². The van der Waals surface area contributed by atoms with Crippen LogP contribution in [0.4, 0.5) is 0 Å². The van der Waals surface area contributed by atoms with Crippen LogP contribution in [0.5, 0.6) is 0 Å². The van der Waals surface area contributed by atoms with Crippen molar-refractivity contribution in [1.29, 1.82) is 0 Å². The van der Waals surface area contributed by atoms with Crippen molar-refractivity contribution in [1.82, 2.24) is 4.57 Å². The van der Waals surface area contributed by atoms with Gasteiger partial charge in [0.15, 0.2) is 0 Å². The Labute approximate surface area is 105 Å². The second-order valence-electron chi connectivity index (χ2n) is 5.06. The lowest BCUT2D eigenvalue weighted by Gasteiger charge is -2.25. The van der Waals surface area contributed by atoms with Gasteiger partial charge < -0.3 is 4.57 Å². The molecule has 0 saturated heterocycles. The average molecular weight is 243 g/mol. The molecule has 0 aromatic rings. The van der Waals surface area contributed by atoms with Gasteiger partial charge in [0.2, 0.25) is 0 Å². The fourth-order valence-electron chi connectivity index (χ4n) is 2.02. The highest BCUT2D eigenvalue weighted by molar-refractivity contribution is 6.52. The average Bonchev–Trinajstić information content (AvgIpc) is 2.26. The fourth-order valence-corrected chi connectivity index (χ4v) is 3.23. The number of rotatable bonds is 11. The number of hydrogen-bond donors (Lipinski definition) is 0. The van der Waals surface area contributed by atoms with E-state index in [-0.39, 0.29) is 8.96 Å².